The molecule has 4 heteroatoms. The van der Waals surface area contributed by atoms with E-state index < -0.39 is 0 Å². The molecule has 0 aromatic carbocycles. The topological polar surface area (TPSA) is 0 Å². The quantitative estimate of drug-likeness (QED) is 0.498. The molecule has 0 spiro atoms. The zero-order chi connectivity index (χ0) is 8.15. The van der Waals surface area contributed by atoms with Crippen molar-refractivity contribution in [3.8, 4) is 0 Å². The maximum Gasteiger partial charge on any atom is 0.0869 e. The Morgan fingerprint density at radius 1 is 1.30 bits per heavy atom. The summed E-state index contributed by atoms with van der Waals surface area (Å²) in [5, 5.41) is 0. The van der Waals surface area contributed by atoms with Crippen molar-refractivity contribution in [1.82, 2.24) is 0 Å². The standard InChI is InChI=1S/C6H14B4/c1-6(2)4-5-9(3)10(7)8/h6H,4-5H2,1-3H3. The Hall–Kier alpha value is 0.260. The van der Waals surface area contributed by atoms with Crippen molar-refractivity contribution in [2.45, 2.75) is 33.4 Å². The van der Waals surface area contributed by atoms with Crippen molar-refractivity contribution in [2.24, 2.45) is 5.92 Å². The van der Waals surface area contributed by atoms with Crippen LogP contribution in [0, 0.1) is 5.92 Å². The van der Waals surface area contributed by atoms with Gasteiger partial charge in [0.1, 0.15) is 0 Å². The van der Waals surface area contributed by atoms with Crippen molar-refractivity contribution in [1.29, 1.82) is 0 Å². The van der Waals surface area contributed by atoms with Gasteiger partial charge in [-0.1, -0.05) is 33.4 Å². The van der Waals surface area contributed by atoms with Crippen LogP contribution < -0.4 is 0 Å². The molecule has 10 heavy (non-hydrogen) atoms. The van der Waals surface area contributed by atoms with Gasteiger partial charge in [0.15, 0.2) is 0 Å². The molecule has 0 aromatic heterocycles. The van der Waals surface area contributed by atoms with Crippen molar-refractivity contribution in [3.05, 3.63) is 0 Å². The van der Waals surface area contributed by atoms with Crippen molar-refractivity contribution >= 4 is 28.5 Å². The lowest BCUT2D eigenvalue weighted by atomic mass is 8.92. The molecule has 0 N–H and O–H groups in total. The first kappa shape index (κ1) is 10.3. The Morgan fingerprint density at radius 2 is 1.80 bits per heavy atom. The second-order valence-electron chi connectivity index (χ2n) is 3.53. The van der Waals surface area contributed by atoms with Gasteiger partial charge in [-0.05, 0) is 5.92 Å². The lowest BCUT2D eigenvalue weighted by molar-refractivity contribution is 0.623. The summed E-state index contributed by atoms with van der Waals surface area (Å²) in [6.45, 7) is 7.00. The second kappa shape index (κ2) is 4.98. The molecular formula is C6H14B4. The molecular weight excluding hydrogens is 115 g/mol. The number of hydrogen-bond donors (Lipinski definition) is 0. The third-order valence-corrected chi connectivity index (χ3v) is 1.86. The highest BCUT2D eigenvalue weighted by Gasteiger charge is 2.11. The average Bonchev–Trinajstić information content (AvgIpc) is 1.82. The van der Waals surface area contributed by atoms with Gasteiger partial charge in [0.05, 0.1) is 6.60 Å². The van der Waals surface area contributed by atoms with E-state index in [0.717, 1.165) is 12.2 Å². The van der Waals surface area contributed by atoms with Crippen LogP contribution in [0.25, 0.3) is 0 Å². The minimum absolute atomic E-state index is 0.140. The highest BCUT2D eigenvalue weighted by Crippen LogP contribution is 2.07. The van der Waals surface area contributed by atoms with E-state index in [-0.39, 0.29) is 6.39 Å². The Kier molecular flexibility index (Phi) is 5.11. The van der Waals surface area contributed by atoms with Crippen LogP contribution in [-0.4, -0.2) is 28.5 Å². The summed E-state index contributed by atoms with van der Waals surface area (Å²) in [5.41, 5.74) is 0. The number of rotatable bonds is 4. The third-order valence-electron chi connectivity index (χ3n) is 1.86. The molecule has 0 aliphatic rings. The minimum Gasteiger partial charge on any atom is -0.0934 e. The molecule has 0 amide bonds. The maximum absolute atomic E-state index is 5.50. The first-order chi connectivity index (χ1) is 4.54. The highest BCUT2D eigenvalue weighted by molar-refractivity contribution is 7.57. The fraction of sp³-hybridized carbons (Fsp3) is 1.00. The van der Waals surface area contributed by atoms with Crippen molar-refractivity contribution < 1.29 is 0 Å². The molecule has 0 aliphatic carbocycles. The van der Waals surface area contributed by atoms with E-state index in [1.54, 1.807) is 0 Å². The third kappa shape index (κ3) is 5.08. The van der Waals surface area contributed by atoms with Gasteiger partial charge in [-0.2, -0.15) is 0 Å². The largest absolute Gasteiger partial charge is 0.0934 e. The van der Waals surface area contributed by atoms with E-state index in [1.807, 2.05) is 0 Å². The second-order valence-corrected chi connectivity index (χ2v) is 3.53. The van der Waals surface area contributed by atoms with Gasteiger partial charge >= 0.3 is 0 Å². The minimum atomic E-state index is -0.140. The van der Waals surface area contributed by atoms with E-state index in [9.17, 15) is 0 Å². The molecule has 4 radical (unpaired) electrons. The smallest absolute Gasteiger partial charge is 0.0869 e. The first-order valence-electron chi connectivity index (χ1n) is 4.05. The lowest BCUT2D eigenvalue weighted by Gasteiger charge is -2.11. The van der Waals surface area contributed by atoms with Crippen molar-refractivity contribution in [2.75, 3.05) is 0 Å². The molecule has 0 saturated carbocycles. The molecule has 0 unspecified atom stereocenters. The van der Waals surface area contributed by atoms with Crippen LogP contribution in [0.1, 0.15) is 20.3 Å². The average molecular weight is 129 g/mol. The zero-order valence-electron chi connectivity index (χ0n) is 7.30. The van der Waals surface area contributed by atoms with E-state index in [2.05, 4.69) is 20.7 Å². The van der Waals surface area contributed by atoms with Crippen LogP contribution in [0.5, 0.6) is 0 Å². The summed E-state index contributed by atoms with van der Waals surface area (Å²) < 4.78 is 0. The molecule has 0 heterocycles. The van der Waals surface area contributed by atoms with Crippen molar-refractivity contribution in [3.63, 3.8) is 0 Å². The predicted octanol–water partition coefficient (Wildman–Crippen LogP) is 1.06. The van der Waals surface area contributed by atoms with Gasteiger partial charge in [-0.25, -0.2) is 0 Å². The molecule has 0 nitrogen and oxygen atoms in total. The van der Waals surface area contributed by atoms with Crippen LogP contribution in [0.4, 0.5) is 0 Å². The molecule has 0 bridgehead atoms. The summed E-state index contributed by atoms with van der Waals surface area (Å²) in [7, 11) is 11.0. The van der Waals surface area contributed by atoms with Gasteiger partial charge in [-0.15, -0.1) is 0 Å². The van der Waals surface area contributed by atoms with Crippen LogP contribution in [0.15, 0.2) is 0 Å². The zero-order valence-corrected chi connectivity index (χ0v) is 7.30. The normalized spacial score (nSPS) is 10.0. The summed E-state index contributed by atoms with van der Waals surface area (Å²) in [5.74, 6) is 0.765. The van der Waals surface area contributed by atoms with E-state index >= 15 is 0 Å². The van der Waals surface area contributed by atoms with Crippen LogP contribution in [-0.2, 0) is 0 Å². The fourth-order valence-corrected chi connectivity index (χ4v) is 0.789. The Bertz CT molecular complexity index is 81.8. The molecule has 0 aliphatic heterocycles. The Morgan fingerprint density at radius 3 is 2.10 bits per heavy atom. The van der Waals surface area contributed by atoms with Crippen LogP contribution in [0.3, 0.4) is 0 Å². The summed E-state index contributed by atoms with van der Waals surface area (Å²) in [4.78, 5) is 0. The molecule has 50 valence electrons. The van der Waals surface area contributed by atoms with Crippen LogP contribution >= 0.6 is 0 Å². The number of hydrogen-bond acceptors (Lipinski definition) is 0. The van der Waals surface area contributed by atoms with Gasteiger partial charge in [0.25, 0.3) is 0 Å². The lowest BCUT2D eigenvalue weighted by Crippen LogP contribution is -2.34. The van der Waals surface area contributed by atoms with E-state index in [0.29, 0.717) is 6.60 Å². The highest BCUT2D eigenvalue weighted by atomic mass is 13.9. The molecule has 0 aromatic rings. The molecule has 0 atom stereocenters. The summed E-state index contributed by atoms with van der Waals surface area (Å²) in [6, 6.07) is 0. The molecule has 0 saturated heterocycles. The maximum atomic E-state index is 5.50. The first-order valence-corrected chi connectivity index (χ1v) is 4.05. The van der Waals surface area contributed by atoms with Gasteiger partial charge < -0.3 is 0 Å². The SMILES string of the molecule is [B]B([B])B(C)CCC(C)C. The summed E-state index contributed by atoms with van der Waals surface area (Å²) >= 11 is 0. The van der Waals surface area contributed by atoms with Gasteiger partial charge in [0, 0.05) is 21.9 Å². The summed E-state index contributed by atoms with van der Waals surface area (Å²) in [6.07, 6.45) is 2.24. The molecule has 0 fully saturated rings. The Labute approximate surface area is 68.5 Å². The Balaban J connectivity index is 3.30. The predicted molar refractivity (Wildman–Crippen MR) is 53.1 cm³/mol. The monoisotopic (exact) mass is 130 g/mol. The van der Waals surface area contributed by atoms with E-state index in [4.69, 9.17) is 15.5 Å². The van der Waals surface area contributed by atoms with Crippen LogP contribution in [0.2, 0.25) is 13.1 Å². The van der Waals surface area contributed by atoms with E-state index in [1.165, 1.54) is 6.42 Å². The van der Waals surface area contributed by atoms with Gasteiger partial charge in [-0.3, -0.25) is 0 Å². The van der Waals surface area contributed by atoms with Gasteiger partial charge in [0.2, 0.25) is 0 Å². The molecule has 0 rings (SSSR count). The fourth-order valence-electron chi connectivity index (χ4n) is 0.789.